The number of urea groups is 1. The second-order valence-electron chi connectivity index (χ2n) is 5.97. The van der Waals surface area contributed by atoms with Gasteiger partial charge >= 0.3 is 12.0 Å². The van der Waals surface area contributed by atoms with Crippen LogP contribution in [-0.2, 0) is 4.79 Å². The smallest absolute Gasteiger partial charge is 0.317 e. The summed E-state index contributed by atoms with van der Waals surface area (Å²) >= 11 is 0. The Morgan fingerprint density at radius 1 is 1.10 bits per heavy atom. The number of aliphatic carboxylic acids is 1. The maximum absolute atomic E-state index is 11.9. The van der Waals surface area contributed by atoms with Gasteiger partial charge in [0.05, 0.1) is 5.92 Å². The summed E-state index contributed by atoms with van der Waals surface area (Å²) in [7, 11) is 5.75. The van der Waals surface area contributed by atoms with Crippen LogP contribution in [0.2, 0.25) is 0 Å². The van der Waals surface area contributed by atoms with Crippen molar-refractivity contribution in [2.45, 2.75) is 25.7 Å². The molecule has 0 aromatic carbocycles. The van der Waals surface area contributed by atoms with Crippen molar-refractivity contribution in [1.29, 1.82) is 0 Å². The first-order valence-corrected chi connectivity index (χ1v) is 7.26. The Labute approximate surface area is 121 Å². The van der Waals surface area contributed by atoms with Gasteiger partial charge in [-0.3, -0.25) is 4.79 Å². The van der Waals surface area contributed by atoms with Gasteiger partial charge in [-0.05, 0) is 45.7 Å². The number of nitrogens with one attached hydrogen (secondary N) is 1. The van der Waals surface area contributed by atoms with Gasteiger partial charge in [0.25, 0.3) is 0 Å². The highest BCUT2D eigenvalue weighted by Gasteiger charge is 2.26. The van der Waals surface area contributed by atoms with Gasteiger partial charge in [0.1, 0.15) is 0 Å². The minimum Gasteiger partial charge on any atom is -0.481 e. The van der Waals surface area contributed by atoms with Gasteiger partial charge in [-0.15, -0.1) is 0 Å². The molecule has 1 saturated carbocycles. The summed E-state index contributed by atoms with van der Waals surface area (Å²) in [6.45, 7) is 2.19. The van der Waals surface area contributed by atoms with E-state index in [2.05, 4.69) is 5.32 Å². The second-order valence-corrected chi connectivity index (χ2v) is 5.97. The molecule has 0 aromatic rings. The van der Waals surface area contributed by atoms with Crippen LogP contribution in [0.15, 0.2) is 0 Å². The van der Waals surface area contributed by atoms with Crippen LogP contribution in [0.3, 0.4) is 0 Å². The highest BCUT2D eigenvalue weighted by molar-refractivity contribution is 5.73. The molecule has 20 heavy (non-hydrogen) atoms. The standard InChI is InChI=1S/C14H27N3O3/c1-16(2)8-9-17(3)14(20)15-10-11-4-6-12(7-5-11)13(18)19/h11-12H,4-10H2,1-3H3,(H,15,20)(H,18,19). The summed E-state index contributed by atoms with van der Waals surface area (Å²) in [5.41, 5.74) is 0. The van der Waals surface area contributed by atoms with E-state index in [9.17, 15) is 9.59 Å². The van der Waals surface area contributed by atoms with Gasteiger partial charge in [-0.2, -0.15) is 0 Å². The van der Waals surface area contributed by atoms with E-state index < -0.39 is 5.97 Å². The van der Waals surface area contributed by atoms with Gasteiger partial charge in [0.2, 0.25) is 0 Å². The molecule has 0 atom stereocenters. The van der Waals surface area contributed by atoms with Gasteiger partial charge in [-0.1, -0.05) is 0 Å². The fraction of sp³-hybridized carbons (Fsp3) is 0.857. The van der Waals surface area contributed by atoms with Crippen LogP contribution in [0.4, 0.5) is 4.79 Å². The van der Waals surface area contributed by atoms with E-state index in [-0.39, 0.29) is 11.9 Å². The molecule has 1 fully saturated rings. The van der Waals surface area contributed by atoms with Crippen molar-refractivity contribution in [3.8, 4) is 0 Å². The van der Waals surface area contributed by atoms with Crippen LogP contribution in [0.1, 0.15) is 25.7 Å². The Kier molecular flexibility index (Phi) is 6.78. The molecule has 0 aromatic heterocycles. The first-order valence-electron chi connectivity index (χ1n) is 7.26. The number of carboxylic acids is 1. The second kappa shape index (κ2) is 8.09. The molecule has 1 aliphatic carbocycles. The molecular formula is C14H27N3O3. The van der Waals surface area contributed by atoms with Crippen LogP contribution in [0.5, 0.6) is 0 Å². The number of rotatable bonds is 6. The van der Waals surface area contributed by atoms with Gasteiger partial charge in [0.15, 0.2) is 0 Å². The maximum atomic E-state index is 11.9. The summed E-state index contributed by atoms with van der Waals surface area (Å²) in [5.74, 6) is -0.461. The Bertz CT molecular complexity index is 326. The minimum absolute atomic E-state index is 0.0489. The molecule has 6 heteroatoms. The molecule has 0 aliphatic heterocycles. The predicted octanol–water partition coefficient (Wildman–Crippen LogP) is 1.08. The zero-order valence-electron chi connectivity index (χ0n) is 12.8. The summed E-state index contributed by atoms with van der Waals surface area (Å²) in [5, 5.41) is 11.9. The van der Waals surface area contributed by atoms with Crippen LogP contribution in [0, 0.1) is 11.8 Å². The monoisotopic (exact) mass is 285 g/mol. The lowest BCUT2D eigenvalue weighted by Crippen LogP contribution is -2.42. The molecule has 0 unspecified atom stereocenters. The van der Waals surface area contributed by atoms with E-state index in [0.717, 1.165) is 32.2 Å². The summed E-state index contributed by atoms with van der Waals surface area (Å²) in [6.07, 6.45) is 3.23. The molecule has 0 heterocycles. The Balaban J connectivity index is 2.20. The van der Waals surface area contributed by atoms with Crippen molar-refractivity contribution in [2.75, 3.05) is 40.8 Å². The zero-order chi connectivity index (χ0) is 15.1. The van der Waals surface area contributed by atoms with E-state index in [0.29, 0.717) is 19.0 Å². The molecule has 1 rings (SSSR count). The fourth-order valence-electron chi connectivity index (χ4n) is 2.43. The van der Waals surface area contributed by atoms with Crippen molar-refractivity contribution in [3.63, 3.8) is 0 Å². The number of carbonyl (C=O) groups is 2. The number of carbonyl (C=O) groups excluding carboxylic acids is 1. The summed E-state index contributed by atoms with van der Waals surface area (Å²) in [6, 6.07) is -0.0489. The summed E-state index contributed by atoms with van der Waals surface area (Å²) < 4.78 is 0. The topological polar surface area (TPSA) is 72.9 Å². The Morgan fingerprint density at radius 3 is 2.20 bits per heavy atom. The molecule has 0 radical (unpaired) electrons. The molecule has 116 valence electrons. The normalized spacial score (nSPS) is 22.6. The van der Waals surface area contributed by atoms with Crippen molar-refractivity contribution in [3.05, 3.63) is 0 Å². The molecule has 2 N–H and O–H groups in total. The highest BCUT2D eigenvalue weighted by Crippen LogP contribution is 2.28. The van der Waals surface area contributed by atoms with Crippen molar-refractivity contribution in [2.24, 2.45) is 11.8 Å². The molecule has 0 spiro atoms. The maximum Gasteiger partial charge on any atom is 0.317 e. The van der Waals surface area contributed by atoms with Crippen LogP contribution in [0.25, 0.3) is 0 Å². The van der Waals surface area contributed by atoms with E-state index in [1.54, 1.807) is 11.9 Å². The van der Waals surface area contributed by atoms with Gasteiger partial charge in [-0.25, -0.2) is 4.79 Å². The first kappa shape index (κ1) is 16.8. The lowest BCUT2D eigenvalue weighted by Gasteiger charge is -2.27. The lowest BCUT2D eigenvalue weighted by molar-refractivity contribution is -0.143. The van der Waals surface area contributed by atoms with Crippen LogP contribution in [-0.4, -0.2) is 67.7 Å². The Hall–Kier alpha value is -1.30. The van der Waals surface area contributed by atoms with Gasteiger partial charge < -0.3 is 20.2 Å². The van der Waals surface area contributed by atoms with E-state index in [1.807, 2.05) is 19.0 Å². The van der Waals surface area contributed by atoms with Gasteiger partial charge in [0, 0.05) is 26.7 Å². The number of likely N-dealkylation sites (N-methyl/N-ethyl adjacent to an activating group) is 2. The molecule has 2 amide bonds. The molecule has 6 nitrogen and oxygen atoms in total. The highest BCUT2D eigenvalue weighted by atomic mass is 16.4. The average Bonchev–Trinajstić information content (AvgIpc) is 2.42. The third-order valence-electron chi connectivity index (χ3n) is 3.97. The molecular weight excluding hydrogens is 258 g/mol. The minimum atomic E-state index is -0.684. The number of hydrogen-bond donors (Lipinski definition) is 2. The van der Waals surface area contributed by atoms with Crippen molar-refractivity contribution >= 4 is 12.0 Å². The number of carboxylic acid groups (broad SMARTS) is 1. The van der Waals surface area contributed by atoms with Crippen LogP contribution >= 0.6 is 0 Å². The fourth-order valence-corrected chi connectivity index (χ4v) is 2.43. The van der Waals surface area contributed by atoms with Crippen molar-refractivity contribution in [1.82, 2.24) is 15.1 Å². The Morgan fingerprint density at radius 2 is 1.70 bits per heavy atom. The molecule has 1 aliphatic rings. The largest absolute Gasteiger partial charge is 0.481 e. The number of hydrogen-bond acceptors (Lipinski definition) is 3. The van der Waals surface area contributed by atoms with E-state index in [4.69, 9.17) is 5.11 Å². The molecule has 0 bridgehead atoms. The van der Waals surface area contributed by atoms with E-state index in [1.165, 1.54) is 0 Å². The summed E-state index contributed by atoms with van der Waals surface area (Å²) in [4.78, 5) is 26.5. The quantitative estimate of drug-likeness (QED) is 0.766. The van der Waals surface area contributed by atoms with Crippen LogP contribution < -0.4 is 5.32 Å². The SMILES string of the molecule is CN(C)CCN(C)C(=O)NCC1CCC(C(=O)O)CC1. The van der Waals surface area contributed by atoms with E-state index >= 15 is 0 Å². The molecule has 0 saturated heterocycles. The van der Waals surface area contributed by atoms with Crippen molar-refractivity contribution < 1.29 is 14.7 Å². The number of nitrogens with zero attached hydrogens (tertiary/aromatic N) is 2. The zero-order valence-corrected chi connectivity index (χ0v) is 12.8. The third kappa shape index (κ3) is 5.77. The average molecular weight is 285 g/mol. The predicted molar refractivity (Wildman–Crippen MR) is 77.7 cm³/mol. The number of amides is 2. The third-order valence-corrected chi connectivity index (χ3v) is 3.97. The first-order chi connectivity index (χ1) is 9.40. The lowest BCUT2D eigenvalue weighted by atomic mass is 9.82.